The molecule has 0 aromatic heterocycles. The molecule has 3 aromatic rings. The van der Waals surface area contributed by atoms with Crippen LogP contribution in [0, 0.1) is 0 Å². The number of hydrogen-bond donors (Lipinski definition) is 1. The molecule has 3 atom stereocenters. The molecule has 0 amide bonds. The van der Waals surface area contributed by atoms with Crippen molar-refractivity contribution in [1.82, 2.24) is 0 Å². The van der Waals surface area contributed by atoms with Crippen LogP contribution in [0.5, 0.6) is 17.2 Å². The molecule has 1 fully saturated rings. The number of unbranched alkanes of at least 4 members (excludes halogenated alkanes) is 5. The molecule has 0 spiro atoms. The van der Waals surface area contributed by atoms with Gasteiger partial charge in [-0.2, -0.15) is 13.2 Å². The summed E-state index contributed by atoms with van der Waals surface area (Å²) in [5.41, 5.74) is 2.66. The van der Waals surface area contributed by atoms with E-state index in [-0.39, 0.29) is 17.9 Å². The van der Waals surface area contributed by atoms with Crippen molar-refractivity contribution in [2.45, 2.75) is 75.5 Å². The molecule has 2 aliphatic heterocycles. The molecule has 46 heavy (non-hydrogen) atoms. The molecule has 2 bridgehead atoms. The van der Waals surface area contributed by atoms with Crippen LogP contribution in [0.2, 0.25) is 0 Å². The molecule has 2 heterocycles. The maximum absolute atomic E-state index is 14.1. The van der Waals surface area contributed by atoms with E-state index in [9.17, 15) is 26.7 Å². The zero-order valence-corrected chi connectivity index (χ0v) is 26.8. The number of ether oxygens (including phenoxy) is 3. The fourth-order valence-electron chi connectivity index (χ4n) is 6.21. The van der Waals surface area contributed by atoms with Gasteiger partial charge in [0.25, 0.3) is 0 Å². The van der Waals surface area contributed by atoms with Gasteiger partial charge in [0.05, 0.1) is 25.5 Å². The lowest BCUT2D eigenvalue weighted by molar-refractivity contribution is -0.117. The second kappa shape index (κ2) is 14.4. The van der Waals surface area contributed by atoms with Crippen molar-refractivity contribution in [2.75, 3.05) is 24.6 Å². The van der Waals surface area contributed by atoms with E-state index in [1.54, 1.807) is 12.1 Å². The summed E-state index contributed by atoms with van der Waals surface area (Å²) in [6, 6.07) is 19.3. The molecule has 0 saturated carbocycles. The van der Waals surface area contributed by atoms with E-state index in [4.69, 9.17) is 14.2 Å². The van der Waals surface area contributed by atoms with Crippen LogP contribution in [-0.2, 0) is 14.8 Å². The summed E-state index contributed by atoms with van der Waals surface area (Å²) < 4.78 is 87.5. The molecule has 248 valence electrons. The average Bonchev–Trinajstić information content (AvgIpc) is 3.64. The summed E-state index contributed by atoms with van der Waals surface area (Å²) >= 11 is 0. The third-order valence-electron chi connectivity index (χ3n) is 8.47. The monoisotopic (exact) mass is 659 g/mol. The number of alkyl halides is 3. The fourth-order valence-corrected chi connectivity index (χ4v) is 8.21. The highest BCUT2D eigenvalue weighted by molar-refractivity contribution is 7.93. The normalized spacial score (nSPS) is 19.5. The minimum Gasteiger partial charge on any atom is -0.508 e. The minimum atomic E-state index is -4.79. The highest BCUT2D eigenvalue weighted by Crippen LogP contribution is 2.51. The summed E-state index contributed by atoms with van der Waals surface area (Å²) in [6.45, 7) is 1.09. The number of fused-ring (bicyclic) bond motifs is 2. The molecule has 7 nitrogen and oxygen atoms in total. The summed E-state index contributed by atoms with van der Waals surface area (Å²) in [5, 5.41) is 8.62. The molecule has 2 aliphatic rings. The fraction of sp³-hybridized carbons (Fsp3) is 0.429. The first-order chi connectivity index (χ1) is 22.0. The molecule has 3 aromatic carbocycles. The van der Waals surface area contributed by atoms with Gasteiger partial charge in [-0.3, -0.25) is 4.31 Å². The van der Waals surface area contributed by atoms with Gasteiger partial charge in [-0.05, 0) is 83.6 Å². The number of methoxy groups -OCH3 is 1. The van der Waals surface area contributed by atoms with E-state index in [0.717, 1.165) is 24.0 Å². The van der Waals surface area contributed by atoms with E-state index in [0.29, 0.717) is 33.5 Å². The van der Waals surface area contributed by atoms with Crippen molar-refractivity contribution in [1.29, 1.82) is 0 Å². The number of halogens is 3. The Labute approximate surface area is 268 Å². The highest BCUT2D eigenvalue weighted by atomic mass is 32.2. The van der Waals surface area contributed by atoms with Gasteiger partial charge in [-0.25, -0.2) is 8.42 Å². The van der Waals surface area contributed by atoms with Gasteiger partial charge in [0.15, 0.2) is 0 Å². The second-order valence-electron chi connectivity index (χ2n) is 11.7. The number of anilines is 1. The van der Waals surface area contributed by atoms with E-state index >= 15 is 0 Å². The van der Waals surface area contributed by atoms with Gasteiger partial charge >= 0.3 is 6.18 Å². The van der Waals surface area contributed by atoms with Crippen molar-refractivity contribution in [3.63, 3.8) is 0 Å². The predicted molar refractivity (Wildman–Crippen MR) is 173 cm³/mol. The van der Waals surface area contributed by atoms with Crippen molar-refractivity contribution < 1.29 is 40.9 Å². The van der Waals surface area contributed by atoms with Crippen LogP contribution in [0.3, 0.4) is 0 Å². The van der Waals surface area contributed by atoms with Crippen LogP contribution < -0.4 is 13.8 Å². The maximum Gasteiger partial charge on any atom is 0.407 e. The molecular weight excluding hydrogens is 619 g/mol. The Morgan fingerprint density at radius 3 is 2.07 bits per heavy atom. The van der Waals surface area contributed by atoms with Gasteiger partial charge in [-0.15, -0.1) is 0 Å². The summed E-state index contributed by atoms with van der Waals surface area (Å²) in [6.07, 6.45) is 0.388. The Morgan fingerprint density at radius 1 is 0.848 bits per heavy atom. The van der Waals surface area contributed by atoms with Gasteiger partial charge in [0.2, 0.25) is 10.0 Å². The summed E-state index contributed by atoms with van der Waals surface area (Å²) in [5.74, 6) is 1.14. The topological polar surface area (TPSA) is 85.3 Å². The number of aromatic hydroxyl groups is 1. The largest absolute Gasteiger partial charge is 0.508 e. The molecular formula is C35H40F3NO6S. The lowest BCUT2D eigenvalue weighted by Crippen LogP contribution is -2.47. The lowest BCUT2D eigenvalue weighted by Gasteiger charge is -2.32. The van der Waals surface area contributed by atoms with E-state index in [1.807, 2.05) is 24.3 Å². The Hall–Kier alpha value is -3.70. The van der Waals surface area contributed by atoms with E-state index in [1.165, 1.54) is 69.2 Å². The number of sulfonamides is 1. The number of nitrogens with zero attached hydrogens (tertiary/aromatic N) is 1. The molecule has 1 N–H and O–H groups in total. The Morgan fingerprint density at radius 2 is 1.43 bits per heavy atom. The Bertz CT molecular complexity index is 1590. The molecule has 0 aliphatic carbocycles. The number of phenols is 1. The summed E-state index contributed by atoms with van der Waals surface area (Å²) in [7, 11) is -3.16. The third kappa shape index (κ3) is 7.63. The maximum atomic E-state index is 14.1. The van der Waals surface area contributed by atoms with Crippen LogP contribution in [0.25, 0.3) is 11.1 Å². The van der Waals surface area contributed by atoms with Gasteiger partial charge in [0.1, 0.15) is 35.1 Å². The van der Waals surface area contributed by atoms with E-state index < -0.39 is 40.2 Å². The second-order valence-corrected chi connectivity index (χ2v) is 13.8. The van der Waals surface area contributed by atoms with Crippen LogP contribution in [-0.4, -0.2) is 57.4 Å². The smallest absolute Gasteiger partial charge is 0.407 e. The average molecular weight is 660 g/mol. The number of benzene rings is 3. The molecule has 11 heteroatoms. The first-order valence-electron chi connectivity index (χ1n) is 15.7. The Kier molecular flexibility index (Phi) is 10.5. The SMILES string of the molecule is CCCCCCCCOc1ccc(C2=C(c3ccc(O)cc3)[C@H]3C[C@H](S(=O)(=O)N(CC(F)(F)F)c4ccc(OC)cc4)[C@@H]2O3)cc1. The molecule has 0 unspecified atom stereocenters. The first kappa shape index (κ1) is 33.7. The minimum absolute atomic E-state index is 0.0172. The molecule has 0 radical (unpaired) electrons. The predicted octanol–water partition coefficient (Wildman–Crippen LogP) is 7.99. The third-order valence-corrected chi connectivity index (χ3v) is 10.6. The van der Waals surface area contributed by atoms with Crippen molar-refractivity contribution in [2.24, 2.45) is 0 Å². The van der Waals surface area contributed by atoms with Crippen molar-refractivity contribution in [3.05, 3.63) is 83.9 Å². The first-order valence-corrected chi connectivity index (χ1v) is 17.2. The van der Waals surface area contributed by atoms with Gasteiger partial charge in [0, 0.05) is 0 Å². The summed E-state index contributed by atoms with van der Waals surface area (Å²) in [4.78, 5) is 0. The molecule has 5 rings (SSSR count). The van der Waals surface area contributed by atoms with Crippen LogP contribution in [0.1, 0.15) is 63.0 Å². The quantitative estimate of drug-likeness (QED) is 0.167. The standard InChI is InChI=1S/C35H40F3NO6S/c1-3-4-5-6-7-8-21-44-29-17-11-25(12-18-29)33-32(24-9-15-27(40)16-10-24)30-22-31(34(33)45-30)46(41,42)39(23-35(36,37)38)26-13-19-28(43-2)20-14-26/h9-20,30-31,34,40H,3-8,21-23H2,1-2H3/t30-,31+,34+/m1/s1. The van der Waals surface area contributed by atoms with Crippen LogP contribution in [0.4, 0.5) is 18.9 Å². The van der Waals surface area contributed by atoms with Gasteiger partial charge < -0.3 is 19.3 Å². The van der Waals surface area contributed by atoms with Crippen LogP contribution >= 0.6 is 0 Å². The number of phenolic OH excluding ortho intramolecular Hbond substituents is 1. The lowest BCUT2D eigenvalue weighted by atomic mass is 9.83. The van der Waals surface area contributed by atoms with Crippen molar-refractivity contribution in [3.8, 4) is 17.2 Å². The van der Waals surface area contributed by atoms with Crippen molar-refractivity contribution >= 4 is 26.9 Å². The number of rotatable bonds is 15. The van der Waals surface area contributed by atoms with E-state index in [2.05, 4.69) is 6.92 Å². The van der Waals surface area contributed by atoms with Crippen LogP contribution in [0.15, 0.2) is 72.8 Å². The Balaban J connectivity index is 1.45. The van der Waals surface area contributed by atoms with Gasteiger partial charge in [-0.1, -0.05) is 63.3 Å². The molecule has 1 saturated heterocycles. The zero-order valence-electron chi connectivity index (χ0n) is 26.0. The highest BCUT2D eigenvalue weighted by Gasteiger charge is 2.55. The number of hydrogen-bond acceptors (Lipinski definition) is 6. The zero-order chi connectivity index (χ0) is 32.9.